The van der Waals surface area contributed by atoms with E-state index in [9.17, 15) is 13.2 Å². The van der Waals surface area contributed by atoms with Gasteiger partial charge in [0.25, 0.3) is 5.91 Å². The highest BCUT2D eigenvalue weighted by atomic mass is 32.2. The highest BCUT2D eigenvalue weighted by molar-refractivity contribution is 8.00. The van der Waals surface area contributed by atoms with E-state index in [-0.39, 0.29) is 11.7 Å². The summed E-state index contributed by atoms with van der Waals surface area (Å²) in [5, 5.41) is 10.9. The first kappa shape index (κ1) is 19.2. The molecule has 8 nitrogen and oxygen atoms in total. The van der Waals surface area contributed by atoms with Gasteiger partial charge in [-0.25, -0.2) is 8.42 Å². The fourth-order valence-corrected chi connectivity index (χ4v) is 5.06. The van der Waals surface area contributed by atoms with E-state index in [0.29, 0.717) is 42.6 Å². The maximum Gasteiger partial charge on any atom is 0.257 e. The molecule has 1 aromatic heterocycles. The summed E-state index contributed by atoms with van der Waals surface area (Å²) in [6.07, 6.45) is 1.88. The fraction of sp³-hybridized carbons (Fsp3) is 0.400. The van der Waals surface area contributed by atoms with Crippen molar-refractivity contribution in [2.45, 2.75) is 10.1 Å². The zero-order valence-electron chi connectivity index (χ0n) is 14.0. The van der Waals surface area contributed by atoms with Crippen molar-refractivity contribution in [2.24, 2.45) is 0 Å². The van der Waals surface area contributed by atoms with E-state index in [0.717, 1.165) is 4.34 Å². The first-order valence-electron chi connectivity index (χ1n) is 7.81. The minimum atomic E-state index is -3.38. The maximum atomic E-state index is 12.4. The van der Waals surface area contributed by atoms with Gasteiger partial charge in [0.2, 0.25) is 15.2 Å². The lowest BCUT2D eigenvalue weighted by Gasteiger charge is -2.26. The quantitative estimate of drug-likeness (QED) is 0.567. The number of hydrogen-bond acceptors (Lipinski definition) is 8. The molecule has 11 heteroatoms. The van der Waals surface area contributed by atoms with Crippen LogP contribution in [-0.4, -0.2) is 61.4 Å². The summed E-state index contributed by atoms with van der Waals surface area (Å²) in [4.78, 5) is 12.2. The van der Waals surface area contributed by atoms with Crippen LogP contribution in [-0.2, 0) is 20.5 Å². The van der Waals surface area contributed by atoms with Gasteiger partial charge in [0.1, 0.15) is 0 Å². The standard InChI is InChI=1S/C15H18N4O4S3/c1-24-15-18-17-14(25-15)16-13(20)12-4-2-11(3-5-12)10-26(21,22)19-6-8-23-9-7-19/h2-5H,6-10H2,1H3,(H,16,17,20). The van der Waals surface area contributed by atoms with Gasteiger partial charge in [-0.2, -0.15) is 4.31 Å². The molecule has 2 aromatic rings. The van der Waals surface area contributed by atoms with E-state index < -0.39 is 10.0 Å². The molecule has 0 radical (unpaired) electrons. The van der Waals surface area contributed by atoms with Gasteiger partial charge in [-0.3, -0.25) is 10.1 Å². The molecule has 1 aliphatic rings. The third kappa shape index (κ3) is 4.80. The smallest absolute Gasteiger partial charge is 0.257 e. The molecule has 2 heterocycles. The normalized spacial score (nSPS) is 15.7. The Morgan fingerprint density at radius 3 is 2.58 bits per heavy atom. The number of benzene rings is 1. The lowest BCUT2D eigenvalue weighted by Crippen LogP contribution is -2.41. The first-order valence-corrected chi connectivity index (χ1v) is 11.5. The number of carbonyl (C=O) groups excluding carboxylic acids is 1. The molecule has 3 rings (SSSR count). The number of nitrogens with one attached hydrogen (secondary N) is 1. The third-order valence-electron chi connectivity index (χ3n) is 3.73. The van der Waals surface area contributed by atoms with Crippen molar-refractivity contribution in [3.63, 3.8) is 0 Å². The van der Waals surface area contributed by atoms with Crippen LogP contribution in [0.15, 0.2) is 28.6 Å². The molecule has 0 bridgehead atoms. The van der Waals surface area contributed by atoms with Crippen LogP contribution in [0, 0.1) is 0 Å². The van der Waals surface area contributed by atoms with E-state index in [1.165, 1.54) is 27.4 Å². The van der Waals surface area contributed by atoms with Crippen LogP contribution in [0.5, 0.6) is 0 Å². The van der Waals surface area contributed by atoms with Gasteiger partial charge in [-0.1, -0.05) is 35.2 Å². The Labute approximate surface area is 160 Å². The average Bonchev–Trinajstić information content (AvgIpc) is 3.10. The SMILES string of the molecule is CSc1nnc(NC(=O)c2ccc(CS(=O)(=O)N3CCOCC3)cc2)s1. The van der Waals surface area contributed by atoms with Crippen molar-refractivity contribution in [3.8, 4) is 0 Å². The highest BCUT2D eigenvalue weighted by Crippen LogP contribution is 2.23. The number of nitrogens with zero attached hydrogens (tertiary/aromatic N) is 3. The predicted octanol–water partition coefficient (Wildman–Crippen LogP) is 1.67. The first-order chi connectivity index (χ1) is 12.5. The van der Waals surface area contributed by atoms with Crippen LogP contribution < -0.4 is 5.32 Å². The molecule has 1 aromatic carbocycles. The summed E-state index contributed by atoms with van der Waals surface area (Å²) >= 11 is 2.75. The molecule has 0 atom stereocenters. The number of hydrogen-bond donors (Lipinski definition) is 1. The molecule has 1 aliphatic heterocycles. The van der Waals surface area contributed by atoms with Crippen LogP contribution in [0.1, 0.15) is 15.9 Å². The predicted molar refractivity (Wildman–Crippen MR) is 101 cm³/mol. The van der Waals surface area contributed by atoms with E-state index in [1.54, 1.807) is 24.3 Å². The van der Waals surface area contributed by atoms with Gasteiger partial charge in [0, 0.05) is 18.7 Å². The summed E-state index contributed by atoms with van der Waals surface area (Å²) < 4.78 is 32.2. The lowest BCUT2D eigenvalue weighted by molar-refractivity contribution is 0.0729. The molecule has 1 saturated heterocycles. The average molecular weight is 415 g/mol. The fourth-order valence-electron chi connectivity index (χ4n) is 2.39. The van der Waals surface area contributed by atoms with Gasteiger partial charge in [-0.05, 0) is 24.0 Å². The van der Waals surface area contributed by atoms with Crippen LogP contribution in [0.4, 0.5) is 5.13 Å². The number of sulfonamides is 1. The summed E-state index contributed by atoms with van der Waals surface area (Å²) in [7, 11) is -3.38. The zero-order valence-corrected chi connectivity index (χ0v) is 16.5. The van der Waals surface area contributed by atoms with Gasteiger partial charge in [0.05, 0.1) is 19.0 Å². The Bertz CT molecular complexity index is 861. The monoisotopic (exact) mass is 414 g/mol. The van der Waals surface area contributed by atoms with Crippen LogP contribution >= 0.6 is 23.1 Å². The number of aromatic nitrogens is 2. The van der Waals surface area contributed by atoms with Crippen molar-refractivity contribution in [2.75, 3.05) is 37.9 Å². The van der Waals surface area contributed by atoms with Crippen LogP contribution in [0.25, 0.3) is 0 Å². The van der Waals surface area contributed by atoms with Gasteiger partial charge in [0.15, 0.2) is 4.34 Å². The topological polar surface area (TPSA) is 101 Å². The van der Waals surface area contributed by atoms with Crippen LogP contribution in [0.2, 0.25) is 0 Å². The Morgan fingerprint density at radius 1 is 1.27 bits per heavy atom. The molecule has 0 spiro atoms. The number of anilines is 1. The van der Waals surface area contributed by atoms with Crippen molar-refractivity contribution in [1.29, 1.82) is 0 Å². The number of carbonyl (C=O) groups is 1. The summed E-state index contributed by atoms with van der Waals surface area (Å²) in [5.74, 6) is -0.404. The molecule has 26 heavy (non-hydrogen) atoms. The van der Waals surface area contributed by atoms with Crippen molar-refractivity contribution in [3.05, 3.63) is 35.4 Å². The van der Waals surface area contributed by atoms with Crippen molar-refractivity contribution < 1.29 is 17.9 Å². The Balaban J connectivity index is 1.63. The summed E-state index contributed by atoms with van der Waals surface area (Å²) in [5.41, 5.74) is 1.06. The molecule has 1 amide bonds. The van der Waals surface area contributed by atoms with E-state index in [4.69, 9.17) is 4.74 Å². The summed E-state index contributed by atoms with van der Waals surface area (Å²) in [6.45, 7) is 1.59. The number of ether oxygens (including phenoxy) is 1. The molecular weight excluding hydrogens is 396 g/mol. The number of thioether (sulfide) groups is 1. The minimum Gasteiger partial charge on any atom is -0.379 e. The largest absolute Gasteiger partial charge is 0.379 e. The van der Waals surface area contributed by atoms with E-state index >= 15 is 0 Å². The van der Waals surface area contributed by atoms with Crippen molar-refractivity contribution in [1.82, 2.24) is 14.5 Å². The minimum absolute atomic E-state index is 0.0949. The van der Waals surface area contributed by atoms with Gasteiger partial charge >= 0.3 is 0 Å². The molecule has 1 fully saturated rings. The Kier molecular flexibility index (Phi) is 6.24. The molecular formula is C15H18N4O4S3. The number of rotatable bonds is 6. The summed E-state index contributed by atoms with van der Waals surface area (Å²) in [6, 6.07) is 6.52. The second kappa shape index (κ2) is 8.44. The molecule has 140 valence electrons. The third-order valence-corrected chi connectivity index (χ3v) is 7.39. The van der Waals surface area contributed by atoms with Crippen molar-refractivity contribution >= 4 is 44.2 Å². The van der Waals surface area contributed by atoms with Crippen LogP contribution in [0.3, 0.4) is 0 Å². The molecule has 1 N–H and O–H groups in total. The lowest BCUT2D eigenvalue weighted by atomic mass is 10.1. The zero-order chi connectivity index (χ0) is 18.6. The van der Waals surface area contributed by atoms with Gasteiger partial charge in [-0.15, -0.1) is 10.2 Å². The molecule has 0 saturated carbocycles. The Hall–Kier alpha value is -1.53. The molecule has 0 unspecified atom stereocenters. The molecule has 0 aliphatic carbocycles. The van der Waals surface area contributed by atoms with E-state index in [2.05, 4.69) is 15.5 Å². The van der Waals surface area contributed by atoms with Gasteiger partial charge < -0.3 is 4.74 Å². The number of amides is 1. The highest BCUT2D eigenvalue weighted by Gasteiger charge is 2.24. The van der Waals surface area contributed by atoms with E-state index in [1.807, 2.05) is 6.26 Å². The Morgan fingerprint density at radius 2 is 1.96 bits per heavy atom. The number of morpholine rings is 1. The second-order valence-corrected chi connectivity index (χ2v) is 9.50. The maximum absolute atomic E-state index is 12.4. The second-order valence-electron chi connectivity index (χ2n) is 5.50.